The Kier molecular flexibility index (Phi) is 6.87. The van der Waals surface area contributed by atoms with Crippen LogP contribution in [0.3, 0.4) is 0 Å². The number of nitrogens with one attached hydrogen (secondary N) is 2. The average Bonchev–Trinajstić information content (AvgIpc) is 3.21. The molecule has 0 atom stereocenters. The highest BCUT2D eigenvalue weighted by atomic mass is 79.9. The lowest BCUT2D eigenvalue weighted by molar-refractivity contribution is -0.123. The van der Waals surface area contributed by atoms with Crippen LogP contribution in [-0.4, -0.2) is 18.4 Å². The molecule has 0 unspecified atom stereocenters. The summed E-state index contributed by atoms with van der Waals surface area (Å²) in [5, 5.41) is 5.81. The average molecular weight is 431 g/mol. The van der Waals surface area contributed by atoms with Crippen molar-refractivity contribution >= 4 is 33.4 Å². The molecule has 0 spiro atoms. The Bertz CT molecular complexity index is 786. The van der Waals surface area contributed by atoms with E-state index >= 15 is 0 Å². The Morgan fingerprint density at radius 3 is 2.56 bits per heavy atom. The Morgan fingerprint density at radius 2 is 1.81 bits per heavy atom. The zero-order valence-corrected chi connectivity index (χ0v) is 16.6. The second-order valence-electron chi connectivity index (χ2n) is 6.69. The Balaban J connectivity index is 1.45. The van der Waals surface area contributed by atoms with Crippen molar-refractivity contribution in [3.8, 4) is 5.75 Å². The smallest absolute Gasteiger partial charge is 0.258 e. The number of amides is 2. The Hall–Kier alpha value is -2.34. The molecule has 0 bridgehead atoms. The zero-order chi connectivity index (χ0) is 19.1. The van der Waals surface area contributed by atoms with Crippen LogP contribution < -0.4 is 15.4 Å². The van der Waals surface area contributed by atoms with Crippen LogP contribution in [0.25, 0.3) is 0 Å². The summed E-state index contributed by atoms with van der Waals surface area (Å²) in [6, 6.07) is 14.9. The number of ether oxygens (including phenoxy) is 1. The van der Waals surface area contributed by atoms with Crippen LogP contribution in [0, 0.1) is 5.92 Å². The Labute approximate surface area is 167 Å². The van der Waals surface area contributed by atoms with Gasteiger partial charge in [0.1, 0.15) is 5.75 Å². The number of hydrogen-bond donors (Lipinski definition) is 2. The minimum atomic E-state index is -0.196. The number of carbonyl (C=O) groups is 2. The van der Waals surface area contributed by atoms with E-state index in [1.54, 1.807) is 12.1 Å². The lowest BCUT2D eigenvalue weighted by Crippen LogP contribution is -2.28. The second kappa shape index (κ2) is 9.55. The van der Waals surface area contributed by atoms with Crippen molar-refractivity contribution in [2.45, 2.75) is 32.2 Å². The summed E-state index contributed by atoms with van der Waals surface area (Å²) in [6.45, 7) is 0.343. The highest BCUT2D eigenvalue weighted by molar-refractivity contribution is 9.10. The first-order valence-electron chi connectivity index (χ1n) is 9.15. The van der Waals surface area contributed by atoms with Crippen LogP contribution in [-0.2, 0) is 16.1 Å². The fourth-order valence-electron chi connectivity index (χ4n) is 3.12. The maximum Gasteiger partial charge on any atom is 0.258 e. The summed E-state index contributed by atoms with van der Waals surface area (Å²) in [5.74, 6) is 0.670. The first-order valence-corrected chi connectivity index (χ1v) is 9.94. The van der Waals surface area contributed by atoms with Gasteiger partial charge in [-0.15, -0.1) is 0 Å². The molecule has 1 saturated carbocycles. The van der Waals surface area contributed by atoms with Gasteiger partial charge in [0.2, 0.25) is 5.91 Å². The fraction of sp³-hybridized carbons (Fsp3) is 0.333. The van der Waals surface area contributed by atoms with Gasteiger partial charge in [0.15, 0.2) is 6.61 Å². The van der Waals surface area contributed by atoms with Crippen molar-refractivity contribution in [1.82, 2.24) is 5.32 Å². The van der Waals surface area contributed by atoms with Crippen LogP contribution in [0.1, 0.15) is 31.2 Å². The molecule has 0 saturated heterocycles. The first kappa shape index (κ1) is 19.4. The van der Waals surface area contributed by atoms with Gasteiger partial charge < -0.3 is 15.4 Å². The first-order chi connectivity index (χ1) is 13.1. The molecule has 0 heterocycles. The topological polar surface area (TPSA) is 67.4 Å². The molecule has 2 aromatic rings. The third-order valence-corrected chi connectivity index (χ3v) is 5.12. The quantitative estimate of drug-likeness (QED) is 0.688. The maximum atomic E-state index is 12.2. The van der Waals surface area contributed by atoms with Crippen molar-refractivity contribution in [3.05, 3.63) is 58.6 Å². The van der Waals surface area contributed by atoms with E-state index in [9.17, 15) is 9.59 Å². The number of halogens is 1. The van der Waals surface area contributed by atoms with Gasteiger partial charge in [0.05, 0.1) is 0 Å². The predicted molar refractivity (Wildman–Crippen MR) is 109 cm³/mol. The number of carbonyl (C=O) groups excluding carboxylic acids is 2. The molecule has 1 aliphatic rings. The second-order valence-corrected chi connectivity index (χ2v) is 7.61. The van der Waals surface area contributed by atoms with E-state index in [1.807, 2.05) is 36.4 Å². The van der Waals surface area contributed by atoms with Gasteiger partial charge in [-0.25, -0.2) is 0 Å². The van der Waals surface area contributed by atoms with Crippen molar-refractivity contribution in [2.24, 2.45) is 5.92 Å². The summed E-state index contributed by atoms with van der Waals surface area (Å²) < 4.78 is 6.41. The van der Waals surface area contributed by atoms with Gasteiger partial charge in [-0.1, -0.05) is 40.9 Å². The van der Waals surface area contributed by atoms with Crippen LogP contribution in [0.2, 0.25) is 0 Å². The van der Waals surface area contributed by atoms with Crippen molar-refractivity contribution in [2.75, 3.05) is 11.9 Å². The monoisotopic (exact) mass is 430 g/mol. The number of hydrogen-bond acceptors (Lipinski definition) is 3. The molecule has 27 heavy (non-hydrogen) atoms. The van der Waals surface area contributed by atoms with Gasteiger partial charge in [-0.3, -0.25) is 9.59 Å². The molecule has 0 aromatic heterocycles. The van der Waals surface area contributed by atoms with Crippen molar-refractivity contribution in [3.63, 3.8) is 0 Å². The van der Waals surface area contributed by atoms with E-state index < -0.39 is 0 Å². The van der Waals surface area contributed by atoms with Gasteiger partial charge >= 0.3 is 0 Å². The molecular formula is C21H23BrN2O3. The van der Waals surface area contributed by atoms with Gasteiger partial charge in [0.25, 0.3) is 5.91 Å². The van der Waals surface area contributed by atoms with Crippen LogP contribution in [0.15, 0.2) is 53.0 Å². The maximum absolute atomic E-state index is 12.2. The third kappa shape index (κ3) is 6.10. The van der Waals surface area contributed by atoms with Crippen molar-refractivity contribution < 1.29 is 14.3 Å². The summed E-state index contributed by atoms with van der Waals surface area (Å²) in [7, 11) is 0. The van der Waals surface area contributed by atoms with Crippen LogP contribution in [0.5, 0.6) is 5.75 Å². The van der Waals surface area contributed by atoms with Crippen LogP contribution >= 0.6 is 15.9 Å². The number of rotatable bonds is 7. The van der Waals surface area contributed by atoms with Gasteiger partial charge in [-0.2, -0.15) is 0 Å². The summed E-state index contributed by atoms with van der Waals surface area (Å²) in [6.07, 6.45) is 4.21. The molecule has 2 N–H and O–H groups in total. The molecule has 1 aliphatic carbocycles. The van der Waals surface area contributed by atoms with E-state index in [0.29, 0.717) is 12.3 Å². The van der Waals surface area contributed by atoms with Gasteiger partial charge in [0, 0.05) is 22.6 Å². The zero-order valence-electron chi connectivity index (χ0n) is 15.0. The molecule has 142 valence electrons. The summed E-state index contributed by atoms with van der Waals surface area (Å²) in [5.41, 5.74) is 1.70. The number of anilines is 1. The van der Waals surface area contributed by atoms with E-state index in [2.05, 4.69) is 26.6 Å². The summed E-state index contributed by atoms with van der Waals surface area (Å²) in [4.78, 5) is 24.2. The normalized spacial score (nSPS) is 14.0. The highest BCUT2D eigenvalue weighted by Gasteiger charge is 2.22. The molecule has 0 radical (unpaired) electrons. The SMILES string of the molecule is O=C(COc1ccc(Br)cc1)NCc1cccc(NC(=O)C2CCCC2)c1. The molecule has 2 aromatic carbocycles. The van der Waals surface area contributed by atoms with Gasteiger partial charge in [-0.05, 0) is 54.8 Å². The molecule has 6 heteroatoms. The van der Waals surface area contributed by atoms with Crippen LogP contribution in [0.4, 0.5) is 5.69 Å². The fourth-order valence-corrected chi connectivity index (χ4v) is 3.39. The molecule has 1 fully saturated rings. The summed E-state index contributed by atoms with van der Waals surface area (Å²) >= 11 is 3.35. The molecular weight excluding hydrogens is 408 g/mol. The highest BCUT2D eigenvalue weighted by Crippen LogP contribution is 2.26. The lowest BCUT2D eigenvalue weighted by atomic mass is 10.1. The molecule has 3 rings (SSSR count). The third-order valence-electron chi connectivity index (χ3n) is 4.59. The van der Waals surface area contributed by atoms with E-state index in [-0.39, 0.29) is 24.3 Å². The van der Waals surface area contributed by atoms with E-state index in [4.69, 9.17) is 4.74 Å². The minimum absolute atomic E-state index is 0.0419. The van der Waals surface area contributed by atoms with E-state index in [1.165, 1.54) is 0 Å². The minimum Gasteiger partial charge on any atom is -0.484 e. The largest absolute Gasteiger partial charge is 0.484 e. The van der Waals surface area contributed by atoms with Crippen molar-refractivity contribution in [1.29, 1.82) is 0 Å². The molecule has 2 amide bonds. The number of benzene rings is 2. The predicted octanol–water partition coefficient (Wildman–Crippen LogP) is 4.27. The Morgan fingerprint density at radius 1 is 1.07 bits per heavy atom. The molecule has 0 aliphatic heterocycles. The van der Waals surface area contributed by atoms with E-state index in [0.717, 1.165) is 41.4 Å². The standard InChI is InChI=1S/C21H23BrN2O3/c22-17-8-10-19(11-9-17)27-14-20(25)23-13-15-4-3-7-18(12-15)24-21(26)16-5-1-2-6-16/h3-4,7-12,16H,1-2,5-6,13-14H2,(H,23,25)(H,24,26). The lowest BCUT2D eigenvalue weighted by Gasteiger charge is -2.12. The molecule has 5 nitrogen and oxygen atoms in total.